The van der Waals surface area contributed by atoms with Gasteiger partial charge in [0.05, 0.1) is 18.0 Å². The van der Waals surface area contributed by atoms with Crippen LogP contribution in [0.5, 0.6) is 0 Å². The van der Waals surface area contributed by atoms with Gasteiger partial charge < -0.3 is 4.57 Å². The zero-order valence-electron chi connectivity index (χ0n) is 16.0. The summed E-state index contributed by atoms with van der Waals surface area (Å²) in [5.41, 5.74) is 5.18. The second-order valence-corrected chi connectivity index (χ2v) is 6.85. The summed E-state index contributed by atoms with van der Waals surface area (Å²) in [7, 11) is 0. The van der Waals surface area contributed by atoms with Gasteiger partial charge in [0.2, 0.25) is 0 Å². The highest BCUT2D eigenvalue weighted by atomic mass is 16.1. The summed E-state index contributed by atoms with van der Waals surface area (Å²) in [6.45, 7) is 2.40. The van der Waals surface area contributed by atoms with E-state index in [1.54, 1.807) is 23.9 Å². The predicted octanol–water partition coefficient (Wildman–Crippen LogP) is 3.25. The summed E-state index contributed by atoms with van der Waals surface area (Å²) in [5, 5.41) is 8.93. The summed E-state index contributed by atoms with van der Waals surface area (Å²) in [5.74, 6) is 0. The van der Waals surface area contributed by atoms with Gasteiger partial charge in [-0.2, -0.15) is 5.26 Å². The fraction of sp³-hybridized carbons (Fsp3) is 0.130. The van der Waals surface area contributed by atoms with E-state index in [0.717, 1.165) is 28.9 Å². The van der Waals surface area contributed by atoms with Crippen molar-refractivity contribution in [3.63, 3.8) is 0 Å². The number of hydrogen-bond acceptors (Lipinski definition) is 4. The minimum absolute atomic E-state index is 0.112. The van der Waals surface area contributed by atoms with Crippen LogP contribution >= 0.6 is 0 Å². The van der Waals surface area contributed by atoms with Crippen molar-refractivity contribution in [2.75, 3.05) is 0 Å². The molecule has 4 aromatic rings. The Kier molecular flexibility index (Phi) is 5.04. The number of nitriles is 1. The highest BCUT2D eigenvalue weighted by molar-refractivity contribution is 5.36. The molecule has 0 N–H and O–H groups in total. The first-order valence-electron chi connectivity index (χ1n) is 9.25. The maximum absolute atomic E-state index is 12.2. The molecule has 29 heavy (non-hydrogen) atoms. The SMILES string of the molecule is Cc1nccn(-c2ccc(Cn3cncc3Cc3ccc(C#N)cc3)cc2)c1=O. The number of aromatic nitrogens is 4. The van der Waals surface area contributed by atoms with Gasteiger partial charge in [-0.3, -0.25) is 14.3 Å². The first-order valence-corrected chi connectivity index (χ1v) is 9.25. The first kappa shape index (κ1) is 18.4. The average Bonchev–Trinajstić information content (AvgIpc) is 3.18. The molecule has 2 aromatic carbocycles. The van der Waals surface area contributed by atoms with Crippen molar-refractivity contribution >= 4 is 0 Å². The zero-order valence-corrected chi connectivity index (χ0v) is 16.0. The van der Waals surface area contributed by atoms with E-state index in [-0.39, 0.29) is 5.56 Å². The Bertz CT molecular complexity index is 1230. The van der Waals surface area contributed by atoms with Crippen LogP contribution in [0.25, 0.3) is 5.69 Å². The number of rotatable bonds is 5. The molecule has 2 aromatic heterocycles. The lowest BCUT2D eigenvalue weighted by Gasteiger charge is -2.10. The molecule has 0 spiro atoms. The van der Waals surface area contributed by atoms with Gasteiger partial charge in [0.25, 0.3) is 5.56 Å². The van der Waals surface area contributed by atoms with E-state index in [0.29, 0.717) is 17.8 Å². The molecule has 142 valence electrons. The summed E-state index contributed by atoms with van der Waals surface area (Å²) in [4.78, 5) is 20.6. The maximum Gasteiger partial charge on any atom is 0.276 e. The molecule has 0 aliphatic rings. The van der Waals surface area contributed by atoms with Gasteiger partial charge in [-0.1, -0.05) is 24.3 Å². The van der Waals surface area contributed by atoms with Crippen molar-refractivity contribution in [3.05, 3.63) is 112 Å². The van der Waals surface area contributed by atoms with Crippen molar-refractivity contribution in [2.24, 2.45) is 0 Å². The Morgan fingerprint density at radius 2 is 1.76 bits per heavy atom. The molecule has 2 heterocycles. The van der Waals surface area contributed by atoms with Gasteiger partial charge in [0, 0.05) is 42.9 Å². The van der Waals surface area contributed by atoms with E-state index >= 15 is 0 Å². The van der Waals surface area contributed by atoms with Crippen molar-refractivity contribution in [1.82, 2.24) is 19.1 Å². The Labute approximate surface area is 168 Å². The molecule has 4 rings (SSSR count). The van der Waals surface area contributed by atoms with E-state index in [1.165, 1.54) is 0 Å². The van der Waals surface area contributed by atoms with Crippen LogP contribution in [0.4, 0.5) is 0 Å². The topological polar surface area (TPSA) is 76.5 Å². The number of imidazole rings is 1. The molecule has 0 atom stereocenters. The van der Waals surface area contributed by atoms with Gasteiger partial charge in [-0.25, -0.2) is 4.98 Å². The molecule has 0 bridgehead atoms. The smallest absolute Gasteiger partial charge is 0.276 e. The largest absolute Gasteiger partial charge is 0.330 e. The van der Waals surface area contributed by atoms with Gasteiger partial charge in [-0.15, -0.1) is 0 Å². The molecule has 6 heteroatoms. The van der Waals surface area contributed by atoms with Crippen LogP contribution in [0.3, 0.4) is 0 Å². The monoisotopic (exact) mass is 381 g/mol. The number of nitrogens with zero attached hydrogens (tertiary/aromatic N) is 5. The second-order valence-electron chi connectivity index (χ2n) is 6.85. The Morgan fingerprint density at radius 1 is 1.03 bits per heavy atom. The zero-order chi connectivity index (χ0) is 20.2. The average molecular weight is 381 g/mol. The minimum Gasteiger partial charge on any atom is -0.330 e. The Hall–Kier alpha value is -3.98. The maximum atomic E-state index is 12.2. The van der Waals surface area contributed by atoms with Gasteiger partial charge in [0.1, 0.15) is 5.69 Å². The van der Waals surface area contributed by atoms with Crippen molar-refractivity contribution in [1.29, 1.82) is 5.26 Å². The number of benzene rings is 2. The molecule has 0 radical (unpaired) electrons. The van der Waals surface area contributed by atoms with Crippen LogP contribution in [0, 0.1) is 18.3 Å². The molecule has 0 aliphatic carbocycles. The quantitative estimate of drug-likeness (QED) is 0.532. The van der Waals surface area contributed by atoms with Crippen LogP contribution in [0.2, 0.25) is 0 Å². The Morgan fingerprint density at radius 3 is 2.48 bits per heavy atom. The molecule has 6 nitrogen and oxygen atoms in total. The predicted molar refractivity (Wildman–Crippen MR) is 110 cm³/mol. The van der Waals surface area contributed by atoms with Gasteiger partial charge >= 0.3 is 0 Å². The summed E-state index contributed by atoms with van der Waals surface area (Å²) < 4.78 is 3.70. The van der Waals surface area contributed by atoms with Crippen LogP contribution in [0.15, 0.2) is 78.2 Å². The minimum atomic E-state index is -0.112. The summed E-state index contributed by atoms with van der Waals surface area (Å²) in [6, 6.07) is 17.7. The van der Waals surface area contributed by atoms with E-state index < -0.39 is 0 Å². The van der Waals surface area contributed by atoms with Crippen molar-refractivity contribution < 1.29 is 0 Å². The van der Waals surface area contributed by atoms with Crippen LogP contribution in [0.1, 0.15) is 28.1 Å². The normalized spacial score (nSPS) is 10.6. The molecular weight excluding hydrogens is 362 g/mol. The highest BCUT2D eigenvalue weighted by Crippen LogP contribution is 2.14. The third-order valence-corrected chi connectivity index (χ3v) is 4.85. The fourth-order valence-electron chi connectivity index (χ4n) is 3.22. The summed E-state index contributed by atoms with van der Waals surface area (Å²) >= 11 is 0. The molecular formula is C23H19N5O. The van der Waals surface area contributed by atoms with E-state index in [1.807, 2.05) is 61.1 Å². The molecule has 0 unspecified atom stereocenters. The van der Waals surface area contributed by atoms with Crippen LogP contribution < -0.4 is 5.56 Å². The lowest BCUT2D eigenvalue weighted by Crippen LogP contribution is -2.20. The first-order chi connectivity index (χ1) is 14.1. The van der Waals surface area contributed by atoms with Gasteiger partial charge in [0.15, 0.2) is 0 Å². The van der Waals surface area contributed by atoms with Gasteiger partial charge in [-0.05, 0) is 42.3 Å². The molecule has 0 amide bonds. The van der Waals surface area contributed by atoms with E-state index in [9.17, 15) is 4.79 Å². The fourth-order valence-corrected chi connectivity index (χ4v) is 3.22. The summed E-state index contributed by atoms with van der Waals surface area (Å²) in [6.07, 6.45) is 7.74. The lowest BCUT2D eigenvalue weighted by molar-refractivity contribution is 0.753. The number of hydrogen-bond donors (Lipinski definition) is 0. The second kappa shape index (κ2) is 7.95. The molecule has 0 saturated heterocycles. The number of aryl methyl sites for hydroxylation is 1. The standard InChI is InChI=1S/C23H19N5O/c1-17-23(29)28(11-10-26-17)21-8-6-20(7-9-21)15-27-16-25-14-22(27)12-18-2-4-19(13-24)5-3-18/h2-11,14,16H,12,15H2,1H3. The van der Waals surface area contributed by atoms with Crippen LogP contribution in [-0.2, 0) is 13.0 Å². The highest BCUT2D eigenvalue weighted by Gasteiger charge is 2.06. The molecule has 0 fully saturated rings. The molecule has 0 saturated carbocycles. The molecule has 0 aliphatic heterocycles. The van der Waals surface area contributed by atoms with Crippen molar-refractivity contribution in [2.45, 2.75) is 19.9 Å². The Balaban J connectivity index is 1.52. The van der Waals surface area contributed by atoms with E-state index in [2.05, 4.69) is 20.6 Å². The lowest BCUT2D eigenvalue weighted by atomic mass is 10.1. The van der Waals surface area contributed by atoms with E-state index in [4.69, 9.17) is 5.26 Å². The third-order valence-electron chi connectivity index (χ3n) is 4.85. The van der Waals surface area contributed by atoms with Crippen molar-refractivity contribution in [3.8, 4) is 11.8 Å². The third kappa shape index (κ3) is 3.99. The van der Waals surface area contributed by atoms with Crippen LogP contribution in [-0.4, -0.2) is 19.1 Å².